The lowest BCUT2D eigenvalue weighted by Crippen LogP contribution is -2.29. The molecule has 0 aliphatic carbocycles. The monoisotopic (exact) mass is 376 g/mol. The number of hydrogen-bond acceptors (Lipinski definition) is 5. The highest BCUT2D eigenvalue weighted by Gasteiger charge is 2.12. The van der Waals surface area contributed by atoms with E-state index in [0.29, 0.717) is 12.2 Å². The van der Waals surface area contributed by atoms with Crippen molar-refractivity contribution in [1.29, 1.82) is 0 Å². The molecule has 1 aromatic carbocycles. The lowest BCUT2D eigenvalue weighted by atomic mass is 10.1. The smallest absolute Gasteiger partial charge is 0.274 e. The van der Waals surface area contributed by atoms with E-state index in [0.717, 1.165) is 30.2 Å². The minimum Gasteiger partial charge on any atom is -0.467 e. The van der Waals surface area contributed by atoms with E-state index in [2.05, 4.69) is 32.7 Å². The van der Waals surface area contributed by atoms with E-state index in [-0.39, 0.29) is 5.91 Å². The van der Waals surface area contributed by atoms with Gasteiger partial charge in [0, 0.05) is 24.5 Å². The number of nitrogens with one attached hydrogen (secondary N) is 2. The van der Waals surface area contributed by atoms with Crippen LogP contribution in [0.25, 0.3) is 0 Å². The minimum atomic E-state index is -0.219. The van der Waals surface area contributed by atoms with Crippen molar-refractivity contribution in [1.82, 2.24) is 4.98 Å². The third kappa shape index (κ3) is 4.52. The van der Waals surface area contributed by atoms with E-state index in [1.807, 2.05) is 30.3 Å². The molecular weight excluding hydrogens is 352 g/mol. The zero-order valence-corrected chi connectivity index (χ0v) is 15.7. The highest BCUT2D eigenvalue weighted by atomic mass is 16.3. The number of benzene rings is 1. The summed E-state index contributed by atoms with van der Waals surface area (Å²) in [6, 6.07) is 15.3. The molecule has 1 amide bonds. The standard InChI is InChI=1S/C22H24N4O2/c27-22(21-11-8-18(15-24-21)23-16-20-5-4-14-28-20)25-17-6-9-19(10-7-17)26-12-2-1-3-13-26/h4-11,14-15,23H,1-3,12-13,16H2,(H,25,27). The molecule has 1 fully saturated rings. The number of aromatic nitrogens is 1. The summed E-state index contributed by atoms with van der Waals surface area (Å²) in [5, 5.41) is 6.11. The van der Waals surface area contributed by atoms with Gasteiger partial charge in [-0.05, 0) is 67.8 Å². The van der Waals surface area contributed by atoms with Gasteiger partial charge in [0.25, 0.3) is 5.91 Å². The second-order valence-electron chi connectivity index (χ2n) is 6.91. The fourth-order valence-corrected chi connectivity index (χ4v) is 3.34. The summed E-state index contributed by atoms with van der Waals surface area (Å²) in [7, 11) is 0. The predicted octanol–water partition coefficient (Wildman–Crippen LogP) is 4.53. The molecule has 0 spiro atoms. The first-order valence-corrected chi connectivity index (χ1v) is 9.66. The number of amides is 1. The van der Waals surface area contributed by atoms with Crippen LogP contribution < -0.4 is 15.5 Å². The number of anilines is 3. The van der Waals surface area contributed by atoms with Crippen molar-refractivity contribution in [3.63, 3.8) is 0 Å². The van der Waals surface area contributed by atoms with Crippen LogP contribution in [0.3, 0.4) is 0 Å². The normalized spacial score (nSPS) is 13.9. The van der Waals surface area contributed by atoms with E-state index in [9.17, 15) is 4.79 Å². The molecule has 28 heavy (non-hydrogen) atoms. The van der Waals surface area contributed by atoms with Crippen LogP contribution in [0.5, 0.6) is 0 Å². The van der Waals surface area contributed by atoms with Crippen LogP contribution in [-0.4, -0.2) is 24.0 Å². The molecule has 0 unspecified atom stereocenters. The van der Waals surface area contributed by atoms with Gasteiger partial charge < -0.3 is 20.0 Å². The van der Waals surface area contributed by atoms with Crippen LogP contribution in [0.4, 0.5) is 17.1 Å². The van der Waals surface area contributed by atoms with Crippen LogP contribution in [0, 0.1) is 0 Å². The molecule has 4 rings (SSSR count). The fraction of sp³-hybridized carbons (Fsp3) is 0.273. The summed E-state index contributed by atoms with van der Waals surface area (Å²) < 4.78 is 5.28. The van der Waals surface area contributed by atoms with Crippen molar-refractivity contribution in [2.24, 2.45) is 0 Å². The second-order valence-corrected chi connectivity index (χ2v) is 6.91. The molecule has 144 valence electrons. The molecule has 2 N–H and O–H groups in total. The average molecular weight is 376 g/mol. The molecule has 3 aromatic rings. The first kappa shape index (κ1) is 18.1. The SMILES string of the molecule is O=C(Nc1ccc(N2CCCCC2)cc1)c1ccc(NCc2ccco2)cn1. The van der Waals surface area contributed by atoms with Gasteiger partial charge in [0.15, 0.2) is 0 Å². The number of rotatable bonds is 6. The van der Waals surface area contributed by atoms with Gasteiger partial charge in [-0.1, -0.05) is 0 Å². The Bertz CT molecular complexity index is 883. The van der Waals surface area contributed by atoms with Crippen LogP contribution in [0.1, 0.15) is 35.5 Å². The lowest BCUT2D eigenvalue weighted by molar-refractivity contribution is 0.102. The van der Waals surface area contributed by atoms with E-state index >= 15 is 0 Å². The van der Waals surface area contributed by atoms with Crippen LogP contribution in [0.2, 0.25) is 0 Å². The number of pyridine rings is 1. The number of carbonyl (C=O) groups is 1. The third-order valence-corrected chi connectivity index (χ3v) is 4.89. The molecule has 0 radical (unpaired) electrons. The molecule has 3 heterocycles. The lowest BCUT2D eigenvalue weighted by Gasteiger charge is -2.28. The van der Waals surface area contributed by atoms with Gasteiger partial charge in [0.1, 0.15) is 11.5 Å². The van der Waals surface area contributed by atoms with Crippen molar-refractivity contribution in [2.45, 2.75) is 25.8 Å². The van der Waals surface area contributed by atoms with Crippen LogP contribution >= 0.6 is 0 Å². The molecular formula is C22H24N4O2. The van der Waals surface area contributed by atoms with Gasteiger partial charge in [-0.2, -0.15) is 0 Å². The minimum absolute atomic E-state index is 0.219. The van der Waals surface area contributed by atoms with E-state index in [4.69, 9.17) is 4.42 Å². The Balaban J connectivity index is 1.32. The maximum atomic E-state index is 12.4. The second kappa shape index (κ2) is 8.61. The zero-order valence-electron chi connectivity index (χ0n) is 15.7. The summed E-state index contributed by atoms with van der Waals surface area (Å²) in [6.07, 6.45) is 7.10. The fourth-order valence-electron chi connectivity index (χ4n) is 3.34. The van der Waals surface area contributed by atoms with Gasteiger partial charge in [0.05, 0.1) is 24.7 Å². The summed E-state index contributed by atoms with van der Waals surface area (Å²) >= 11 is 0. The molecule has 1 aliphatic rings. The highest BCUT2D eigenvalue weighted by molar-refractivity contribution is 6.03. The third-order valence-electron chi connectivity index (χ3n) is 4.89. The summed E-state index contributed by atoms with van der Waals surface area (Å²) in [5.74, 6) is 0.623. The van der Waals surface area contributed by atoms with Gasteiger partial charge >= 0.3 is 0 Å². The Labute approximate surface area is 164 Å². The zero-order chi connectivity index (χ0) is 19.2. The Morgan fingerprint density at radius 3 is 2.46 bits per heavy atom. The number of carbonyl (C=O) groups excluding carboxylic acids is 1. The molecule has 0 saturated carbocycles. The molecule has 6 nitrogen and oxygen atoms in total. The molecule has 2 aromatic heterocycles. The van der Waals surface area contributed by atoms with E-state index in [1.54, 1.807) is 18.5 Å². The highest BCUT2D eigenvalue weighted by Crippen LogP contribution is 2.22. The first-order chi connectivity index (χ1) is 13.8. The molecule has 0 atom stereocenters. The van der Waals surface area contributed by atoms with Gasteiger partial charge in [-0.3, -0.25) is 4.79 Å². The van der Waals surface area contributed by atoms with Crippen LogP contribution in [-0.2, 0) is 6.54 Å². The summed E-state index contributed by atoms with van der Waals surface area (Å²) in [5.41, 5.74) is 3.19. The van der Waals surface area contributed by atoms with Gasteiger partial charge in [-0.15, -0.1) is 0 Å². The Hall–Kier alpha value is -3.28. The Kier molecular flexibility index (Phi) is 5.56. The number of nitrogens with zero attached hydrogens (tertiary/aromatic N) is 2. The topological polar surface area (TPSA) is 70.4 Å². The first-order valence-electron chi connectivity index (χ1n) is 9.66. The summed E-state index contributed by atoms with van der Waals surface area (Å²) in [6.45, 7) is 2.79. The Morgan fingerprint density at radius 2 is 1.79 bits per heavy atom. The number of furan rings is 1. The van der Waals surface area contributed by atoms with Gasteiger partial charge in [-0.25, -0.2) is 4.98 Å². The van der Waals surface area contributed by atoms with Crippen LogP contribution in [0.15, 0.2) is 65.4 Å². The van der Waals surface area contributed by atoms with Crippen molar-refractivity contribution >= 4 is 23.0 Å². The largest absolute Gasteiger partial charge is 0.467 e. The quantitative estimate of drug-likeness (QED) is 0.661. The van der Waals surface area contributed by atoms with Crippen molar-refractivity contribution in [3.8, 4) is 0 Å². The number of piperidine rings is 1. The molecule has 1 saturated heterocycles. The van der Waals surface area contributed by atoms with Crippen molar-refractivity contribution in [3.05, 3.63) is 72.4 Å². The number of hydrogen-bond donors (Lipinski definition) is 2. The predicted molar refractivity (Wildman–Crippen MR) is 111 cm³/mol. The summed E-state index contributed by atoms with van der Waals surface area (Å²) in [4.78, 5) is 19.1. The molecule has 6 heteroatoms. The van der Waals surface area contributed by atoms with Crippen molar-refractivity contribution in [2.75, 3.05) is 28.6 Å². The molecule has 1 aliphatic heterocycles. The van der Waals surface area contributed by atoms with Gasteiger partial charge in [0.2, 0.25) is 0 Å². The van der Waals surface area contributed by atoms with E-state index < -0.39 is 0 Å². The Morgan fingerprint density at radius 1 is 1.00 bits per heavy atom. The maximum Gasteiger partial charge on any atom is 0.274 e. The van der Waals surface area contributed by atoms with Crippen molar-refractivity contribution < 1.29 is 9.21 Å². The average Bonchev–Trinajstić information content (AvgIpc) is 3.27. The van der Waals surface area contributed by atoms with E-state index in [1.165, 1.54) is 24.9 Å². The maximum absolute atomic E-state index is 12.4. The molecule has 0 bridgehead atoms.